The van der Waals surface area contributed by atoms with E-state index in [4.69, 9.17) is 0 Å². The van der Waals surface area contributed by atoms with Gasteiger partial charge in [0.05, 0.1) is 5.69 Å². The van der Waals surface area contributed by atoms with Crippen LogP contribution in [0.3, 0.4) is 0 Å². The van der Waals surface area contributed by atoms with Gasteiger partial charge in [0.15, 0.2) is 5.52 Å². The van der Waals surface area contributed by atoms with E-state index < -0.39 is 15.8 Å². The Bertz CT molecular complexity index is 876. The maximum atomic E-state index is 13.1. The zero-order chi connectivity index (χ0) is 14.2. The molecule has 6 nitrogen and oxygen atoms in total. The summed E-state index contributed by atoms with van der Waals surface area (Å²) in [5.74, 6) is -0.536. The van der Waals surface area contributed by atoms with Gasteiger partial charge in [-0.15, -0.1) is 0 Å². The molecule has 0 saturated heterocycles. The summed E-state index contributed by atoms with van der Waals surface area (Å²) in [4.78, 5) is -0.0829. The van der Waals surface area contributed by atoms with Crippen LogP contribution in [0.25, 0.3) is 11.0 Å². The zero-order valence-corrected chi connectivity index (χ0v) is 10.8. The van der Waals surface area contributed by atoms with Gasteiger partial charge in [-0.2, -0.15) is 0 Å². The monoisotopic (exact) mass is 293 g/mol. The zero-order valence-electron chi connectivity index (χ0n) is 9.95. The minimum absolute atomic E-state index is 0.0829. The number of halogens is 1. The standard InChI is InChI=1S/C12H8FN3O3S/c13-8-3-1-4-9(7-8)16-20(17,18)11-6-2-5-10-12(11)15-19-14-10/h1-7,16H. The molecule has 0 bridgehead atoms. The average Bonchev–Trinajstić information content (AvgIpc) is 2.85. The molecule has 3 rings (SSSR count). The van der Waals surface area contributed by atoms with Gasteiger partial charge in [-0.3, -0.25) is 4.72 Å². The topological polar surface area (TPSA) is 85.1 Å². The third-order valence-corrected chi connectivity index (χ3v) is 4.03. The van der Waals surface area contributed by atoms with Crippen LogP contribution in [0.15, 0.2) is 52.0 Å². The van der Waals surface area contributed by atoms with Crippen molar-refractivity contribution in [1.82, 2.24) is 10.3 Å². The normalized spacial score (nSPS) is 11.7. The molecule has 1 N–H and O–H groups in total. The highest BCUT2D eigenvalue weighted by atomic mass is 32.2. The van der Waals surface area contributed by atoms with Gasteiger partial charge in [-0.05, 0) is 40.6 Å². The first-order valence-corrected chi connectivity index (χ1v) is 7.04. The predicted molar refractivity (Wildman–Crippen MR) is 69.0 cm³/mol. The van der Waals surface area contributed by atoms with E-state index in [0.29, 0.717) is 5.52 Å². The summed E-state index contributed by atoms with van der Waals surface area (Å²) in [5.41, 5.74) is 0.571. The molecule has 0 unspecified atom stereocenters. The molecule has 2 aromatic carbocycles. The first kappa shape index (κ1) is 12.5. The SMILES string of the molecule is O=S(=O)(Nc1cccc(F)c1)c1cccc2nonc12. The Labute approximate surface area is 113 Å². The van der Waals surface area contributed by atoms with Gasteiger partial charge in [0.1, 0.15) is 16.2 Å². The number of aromatic nitrogens is 2. The Morgan fingerprint density at radius 1 is 1.10 bits per heavy atom. The maximum Gasteiger partial charge on any atom is 0.264 e. The van der Waals surface area contributed by atoms with E-state index in [1.54, 1.807) is 6.07 Å². The first-order chi connectivity index (χ1) is 9.56. The molecule has 0 atom stereocenters. The molecule has 0 aliphatic rings. The van der Waals surface area contributed by atoms with E-state index in [0.717, 1.165) is 6.07 Å². The van der Waals surface area contributed by atoms with Crippen molar-refractivity contribution >= 4 is 26.7 Å². The second-order valence-electron chi connectivity index (χ2n) is 4.00. The number of fused-ring (bicyclic) bond motifs is 1. The molecule has 0 saturated carbocycles. The van der Waals surface area contributed by atoms with Crippen molar-refractivity contribution in [2.45, 2.75) is 4.90 Å². The Hall–Kier alpha value is -2.48. The van der Waals surface area contributed by atoms with Gasteiger partial charge in [-0.25, -0.2) is 17.4 Å². The van der Waals surface area contributed by atoms with Crippen LogP contribution in [-0.4, -0.2) is 18.7 Å². The molecular weight excluding hydrogens is 285 g/mol. The number of benzene rings is 2. The summed E-state index contributed by atoms with van der Waals surface area (Å²) in [7, 11) is -3.91. The molecular formula is C12H8FN3O3S. The third kappa shape index (κ3) is 2.21. The molecule has 1 heterocycles. The third-order valence-electron chi connectivity index (χ3n) is 2.62. The van der Waals surface area contributed by atoms with Crippen molar-refractivity contribution in [2.75, 3.05) is 4.72 Å². The van der Waals surface area contributed by atoms with Crippen LogP contribution in [0, 0.1) is 5.82 Å². The van der Waals surface area contributed by atoms with Gasteiger partial charge in [0.2, 0.25) is 0 Å². The quantitative estimate of drug-likeness (QED) is 0.799. The second-order valence-corrected chi connectivity index (χ2v) is 5.65. The van der Waals surface area contributed by atoms with E-state index >= 15 is 0 Å². The summed E-state index contributed by atoms with van der Waals surface area (Å²) < 4.78 is 44.4. The van der Waals surface area contributed by atoms with Crippen LogP contribution < -0.4 is 4.72 Å². The highest BCUT2D eigenvalue weighted by Gasteiger charge is 2.20. The lowest BCUT2D eigenvalue weighted by atomic mass is 10.3. The van der Waals surface area contributed by atoms with Crippen LogP contribution in [0.2, 0.25) is 0 Å². The fourth-order valence-electron chi connectivity index (χ4n) is 1.76. The number of hydrogen-bond acceptors (Lipinski definition) is 5. The molecule has 0 spiro atoms. The van der Waals surface area contributed by atoms with Crippen LogP contribution in [0.4, 0.5) is 10.1 Å². The van der Waals surface area contributed by atoms with Crippen molar-refractivity contribution in [3.05, 3.63) is 48.3 Å². The lowest BCUT2D eigenvalue weighted by Crippen LogP contribution is -2.13. The Balaban J connectivity index is 2.06. The van der Waals surface area contributed by atoms with Gasteiger partial charge in [-0.1, -0.05) is 12.1 Å². The lowest BCUT2D eigenvalue weighted by Gasteiger charge is -2.07. The molecule has 1 aromatic heterocycles. The van der Waals surface area contributed by atoms with Crippen LogP contribution in [-0.2, 0) is 10.0 Å². The lowest BCUT2D eigenvalue weighted by molar-refractivity contribution is 0.315. The number of nitrogens with one attached hydrogen (secondary N) is 1. The van der Waals surface area contributed by atoms with Crippen molar-refractivity contribution in [3.63, 3.8) is 0 Å². The summed E-state index contributed by atoms with van der Waals surface area (Å²) >= 11 is 0. The first-order valence-electron chi connectivity index (χ1n) is 5.56. The summed E-state index contributed by atoms with van der Waals surface area (Å²) in [6.07, 6.45) is 0. The van der Waals surface area contributed by atoms with Crippen LogP contribution in [0.1, 0.15) is 0 Å². The molecule has 0 radical (unpaired) electrons. The molecule has 102 valence electrons. The van der Waals surface area contributed by atoms with E-state index in [-0.39, 0.29) is 16.1 Å². The fraction of sp³-hybridized carbons (Fsp3) is 0. The molecule has 0 amide bonds. The van der Waals surface area contributed by atoms with Gasteiger partial charge < -0.3 is 0 Å². The number of nitrogens with zero attached hydrogens (tertiary/aromatic N) is 2. The Kier molecular flexibility index (Phi) is 2.87. The van der Waals surface area contributed by atoms with E-state index in [1.807, 2.05) is 0 Å². The number of rotatable bonds is 3. The van der Waals surface area contributed by atoms with Crippen LogP contribution >= 0.6 is 0 Å². The highest BCUT2D eigenvalue weighted by Crippen LogP contribution is 2.22. The van der Waals surface area contributed by atoms with Crippen molar-refractivity contribution in [2.24, 2.45) is 0 Å². The van der Waals surface area contributed by atoms with E-state index in [9.17, 15) is 12.8 Å². The van der Waals surface area contributed by atoms with Gasteiger partial charge in [0, 0.05) is 0 Å². The summed E-state index contributed by atoms with van der Waals surface area (Å²) in [6.45, 7) is 0. The number of anilines is 1. The van der Waals surface area contributed by atoms with Crippen molar-refractivity contribution < 1.29 is 17.4 Å². The summed E-state index contributed by atoms with van der Waals surface area (Å²) in [5, 5.41) is 7.14. The minimum Gasteiger partial charge on any atom is -0.279 e. The Morgan fingerprint density at radius 3 is 2.70 bits per heavy atom. The Morgan fingerprint density at radius 2 is 1.90 bits per heavy atom. The van der Waals surface area contributed by atoms with Crippen LogP contribution in [0.5, 0.6) is 0 Å². The van der Waals surface area contributed by atoms with Crippen molar-refractivity contribution in [1.29, 1.82) is 0 Å². The molecule has 0 fully saturated rings. The number of hydrogen-bond donors (Lipinski definition) is 1. The average molecular weight is 293 g/mol. The molecule has 0 aliphatic carbocycles. The predicted octanol–water partition coefficient (Wildman–Crippen LogP) is 2.16. The minimum atomic E-state index is -3.91. The van der Waals surface area contributed by atoms with E-state index in [2.05, 4.69) is 19.7 Å². The molecule has 8 heteroatoms. The fourth-order valence-corrected chi connectivity index (χ4v) is 2.96. The van der Waals surface area contributed by atoms with Crippen molar-refractivity contribution in [3.8, 4) is 0 Å². The molecule has 20 heavy (non-hydrogen) atoms. The van der Waals surface area contributed by atoms with Gasteiger partial charge >= 0.3 is 0 Å². The molecule has 0 aliphatic heterocycles. The highest BCUT2D eigenvalue weighted by molar-refractivity contribution is 7.93. The maximum absolute atomic E-state index is 13.1. The number of sulfonamides is 1. The van der Waals surface area contributed by atoms with Gasteiger partial charge in [0.25, 0.3) is 10.0 Å². The second kappa shape index (κ2) is 4.57. The summed E-state index contributed by atoms with van der Waals surface area (Å²) in [6, 6.07) is 9.62. The molecule has 3 aromatic rings. The largest absolute Gasteiger partial charge is 0.279 e. The smallest absolute Gasteiger partial charge is 0.264 e. The van der Waals surface area contributed by atoms with E-state index in [1.165, 1.54) is 30.3 Å².